The largest absolute Gasteiger partial charge is 0.389 e. The first-order valence-electron chi connectivity index (χ1n) is 22.0. The SMILES string of the molecule is CC1(C)C(=CC=CC=CC2=[N+](CCCCS(=O)(=O)OC(CS)C(O)CS)c3ccc4ccccc4c3C2(C)C)N(CCCCS(=O)(=O)OC(CS)C(O)CS)c2ccc3ccccc3c21. The van der Waals surface area contributed by atoms with E-state index in [0.29, 0.717) is 38.8 Å². The molecule has 2 heterocycles. The number of rotatable bonds is 23. The van der Waals surface area contributed by atoms with Gasteiger partial charge in [-0.1, -0.05) is 86.7 Å². The van der Waals surface area contributed by atoms with Gasteiger partial charge in [0.1, 0.15) is 18.8 Å². The van der Waals surface area contributed by atoms with Gasteiger partial charge in [0.25, 0.3) is 20.2 Å². The van der Waals surface area contributed by atoms with E-state index in [0.717, 1.165) is 33.6 Å². The van der Waals surface area contributed by atoms with E-state index in [2.05, 4.69) is 173 Å². The van der Waals surface area contributed by atoms with Crippen molar-refractivity contribution >= 4 is 109 Å². The van der Waals surface area contributed by atoms with Gasteiger partial charge < -0.3 is 15.1 Å². The van der Waals surface area contributed by atoms with E-state index in [1.807, 2.05) is 18.2 Å². The average Bonchev–Trinajstić information content (AvgIpc) is 3.64. The van der Waals surface area contributed by atoms with Crippen molar-refractivity contribution in [1.29, 1.82) is 0 Å². The molecule has 0 saturated heterocycles. The van der Waals surface area contributed by atoms with Crippen LogP contribution in [0.2, 0.25) is 0 Å². The fourth-order valence-corrected chi connectivity index (χ4v) is 12.9. The van der Waals surface area contributed by atoms with E-state index in [1.165, 1.54) is 21.9 Å². The molecule has 65 heavy (non-hydrogen) atoms. The van der Waals surface area contributed by atoms with Crippen molar-refractivity contribution < 1.29 is 40.0 Å². The standard InChI is InChI=1S/C49H62N2O8S6/c1-48(2)44(50(38-24-22-34-16-8-10-18-36(34)46(38)48)26-12-14-28-64(54,55)58-42(32-62)40(52)30-60)20-6-5-7-21-45-49(3,4)47-37-19-11-9-17-35(37)23-25-39(47)51(45)27-13-15-29-65(56,57)59-43(33-63)41(53)31-61/h5-11,16-25,40-43,52-53H,12-15,26-33H2,1-4H3,(H3-,60,61,62,63)/p+1. The molecular formula is C49H63N2O8S6+. The maximum absolute atomic E-state index is 12.9. The zero-order chi connectivity index (χ0) is 47.2. The van der Waals surface area contributed by atoms with Crippen LogP contribution >= 0.6 is 50.5 Å². The lowest BCUT2D eigenvalue weighted by molar-refractivity contribution is -0.438. The molecule has 0 fully saturated rings. The van der Waals surface area contributed by atoms with Crippen LogP contribution in [0.3, 0.4) is 0 Å². The molecule has 0 spiro atoms. The van der Waals surface area contributed by atoms with E-state index in [-0.39, 0.29) is 45.3 Å². The Morgan fingerprint density at radius 2 is 1.18 bits per heavy atom. The van der Waals surface area contributed by atoms with Gasteiger partial charge in [-0.05, 0) is 78.4 Å². The number of anilines is 1. The summed E-state index contributed by atoms with van der Waals surface area (Å²) in [7, 11) is -7.80. The molecule has 2 aliphatic heterocycles. The molecule has 0 aliphatic carbocycles. The predicted molar refractivity (Wildman–Crippen MR) is 281 cm³/mol. The summed E-state index contributed by atoms with van der Waals surface area (Å²) in [6, 6.07) is 25.3. The number of aliphatic hydroxyl groups is 2. The Morgan fingerprint density at radius 1 is 0.646 bits per heavy atom. The molecule has 2 aliphatic rings. The number of allylic oxidation sites excluding steroid dienone is 6. The van der Waals surface area contributed by atoms with E-state index in [9.17, 15) is 27.0 Å². The number of hydrogen-bond acceptors (Lipinski definition) is 13. The lowest BCUT2D eigenvalue weighted by atomic mass is 9.79. The Labute approximate surface area is 407 Å². The molecule has 16 heteroatoms. The van der Waals surface area contributed by atoms with Crippen LogP contribution < -0.4 is 4.90 Å². The highest BCUT2D eigenvalue weighted by Crippen LogP contribution is 2.51. The number of benzene rings is 4. The summed E-state index contributed by atoms with van der Waals surface area (Å²) in [5.41, 5.74) is 6.07. The molecule has 10 nitrogen and oxygen atoms in total. The topological polar surface area (TPSA) is 133 Å². The van der Waals surface area contributed by atoms with Crippen molar-refractivity contribution in [3.05, 3.63) is 120 Å². The van der Waals surface area contributed by atoms with Crippen LogP contribution in [-0.4, -0.2) is 109 Å². The Kier molecular flexibility index (Phi) is 17.6. The van der Waals surface area contributed by atoms with Gasteiger partial charge in [0, 0.05) is 70.5 Å². The van der Waals surface area contributed by atoms with Crippen LogP contribution in [0.4, 0.5) is 11.4 Å². The number of fused-ring (bicyclic) bond motifs is 6. The van der Waals surface area contributed by atoms with Crippen LogP contribution in [0.1, 0.15) is 64.5 Å². The normalized spacial score (nSPS) is 18.6. The number of unbranched alkanes of at least 4 members (excludes halogenated alkanes) is 2. The Balaban J connectivity index is 1.25. The highest BCUT2D eigenvalue weighted by Gasteiger charge is 2.45. The molecule has 4 aromatic rings. The van der Waals surface area contributed by atoms with Crippen molar-refractivity contribution in [2.45, 2.75) is 88.6 Å². The summed E-state index contributed by atoms with van der Waals surface area (Å²) in [5, 5.41) is 24.9. The Morgan fingerprint density at radius 3 is 1.75 bits per heavy atom. The fourth-order valence-electron chi connectivity index (χ4n) is 9.15. The first-order chi connectivity index (χ1) is 30.9. The minimum atomic E-state index is -3.90. The highest BCUT2D eigenvalue weighted by atomic mass is 32.2. The molecule has 0 radical (unpaired) electrons. The van der Waals surface area contributed by atoms with Crippen LogP contribution in [-0.2, 0) is 39.4 Å². The number of hydrogen-bond donors (Lipinski definition) is 6. The van der Waals surface area contributed by atoms with Crippen LogP contribution in [0.15, 0.2) is 109 Å². The van der Waals surface area contributed by atoms with E-state index < -0.39 is 44.7 Å². The number of aliphatic hydroxyl groups excluding tert-OH is 2. The van der Waals surface area contributed by atoms with Crippen LogP contribution in [0.5, 0.6) is 0 Å². The van der Waals surface area contributed by atoms with Gasteiger partial charge in [-0.2, -0.15) is 71.9 Å². The minimum absolute atomic E-state index is 0.0545. The second kappa shape index (κ2) is 22.1. The predicted octanol–water partition coefficient (Wildman–Crippen LogP) is 8.59. The van der Waals surface area contributed by atoms with Gasteiger partial charge in [0.2, 0.25) is 5.69 Å². The van der Waals surface area contributed by atoms with E-state index in [4.69, 9.17) is 8.37 Å². The summed E-state index contributed by atoms with van der Waals surface area (Å²) in [6.07, 6.45) is 8.35. The van der Waals surface area contributed by atoms with Crippen molar-refractivity contribution in [2.24, 2.45) is 0 Å². The second-order valence-electron chi connectivity index (χ2n) is 17.7. The second-order valence-corrected chi connectivity index (χ2v) is 22.6. The molecule has 352 valence electrons. The average molecular weight is 1000 g/mol. The lowest BCUT2D eigenvalue weighted by Crippen LogP contribution is -2.35. The molecule has 0 amide bonds. The first kappa shape index (κ1) is 51.6. The number of thiol groups is 4. The molecule has 0 aromatic heterocycles. The molecule has 4 unspecified atom stereocenters. The first-order valence-corrected chi connectivity index (χ1v) is 27.7. The molecule has 4 atom stereocenters. The summed E-state index contributed by atoms with van der Waals surface area (Å²) in [4.78, 5) is 2.30. The van der Waals surface area contributed by atoms with E-state index in [1.54, 1.807) is 0 Å². The lowest BCUT2D eigenvalue weighted by Gasteiger charge is -2.27. The van der Waals surface area contributed by atoms with Gasteiger partial charge in [-0.15, -0.1) is 0 Å². The maximum Gasteiger partial charge on any atom is 0.267 e. The third-order valence-electron chi connectivity index (χ3n) is 12.4. The molecule has 6 rings (SSSR count). The molecule has 4 aromatic carbocycles. The van der Waals surface area contributed by atoms with Gasteiger partial charge in [-0.3, -0.25) is 8.37 Å². The van der Waals surface area contributed by atoms with Crippen molar-refractivity contribution in [2.75, 3.05) is 52.5 Å². The third-order valence-corrected chi connectivity index (χ3v) is 16.5. The van der Waals surface area contributed by atoms with E-state index >= 15 is 0 Å². The quantitative estimate of drug-likeness (QED) is 0.0142. The molecule has 0 saturated carbocycles. The Bertz CT molecular complexity index is 2680. The van der Waals surface area contributed by atoms with Crippen molar-refractivity contribution in [3.8, 4) is 0 Å². The zero-order valence-corrected chi connectivity index (χ0v) is 42.7. The smallest absolute Gasteiger partial charge is 0.267 e. The monoisotopic (exact) mass is 999 g/mol. The molecule has 0 bridgehead atoms. The zero-order valence-electron chi connectivity index (χ0n) is 37.5. The van der Waals surface area contributed by atoms with Gasteiger partial charge in [0.15, 0.2) is 5.71 Å². The highest BCUT2D eigenvalue weighted by molar-refractivity contribution is 7.87. The summed E-state index contributed by atoms with van der Waals surface area (Å²) in [5.74, 6) is -0.120. The van der Waals surface area contributed by atoms with Gasteiger partial charge >= 0.3 is 0 Å². The van der Waals surface area contributed by atoms with Gasteiger partial charge in [-0.25, -0.2) is 0 Å². The maximum atomic E-state index is 12.9. The molecule has 2 N–H and O–H groups in total. The minimum Gasteiger partial charge on any atom is -0.389 e. The third kappa shape index (κ3) is 11.7. The van der Waals surface area contributed by atoms with Crippen molar-refractivity contribution in [3.63, 3.8) is 0 Å². The molecular weight excluding hydrogens is 937 g/mol. The van der Waals surface area contributed by atoms with Crippen LogP contribution in [0, 0.1) is 0 Å². The number of nitrogens with zero attached hydrogens (tertiary/aromatic N) is 2. The summed E-state index contributed by atoms with van der Waals surface area (Å²) >= 11 is 16.5. The van der Waals surface area contributed by atoms with Gasteiger partial charge in [0.05, 0.1) is 29.1 Å². The van der Waals surface area contributed by atoms with Crippen molar-refractivity contribution in [1.82, 2.24) is 0 Å². The van der Waals surface area contributed by atoms with Crippen LogP contribution in [0.25, 0.3) is 21.5 Å². The Hall–Kier alpha value is -2.77. The summed E-state index contributed by atoms with van der Waals surface area (Å²) < 4.78 is 64.6. The summed E-state index contributed by atoms with van der Waals surface area (Å²) in [6.45, 7) is 10.1. The fraction of sp³-hybridized carbons (Fsp3) is 0.449.